The SMILES string of the molecule is O=C(NCCc1ccccc1)c1cnc(N2CCCC2)nc1. The van der Waals surface area contributed by atoms with Gasteiger partial charge in [0.25, 0.3) is 5.91 Å². The van der Waals surface area contributed by atoms with E-state index in [4.69, 9.17) is 0 Å². The summed E-state index contributed by atoms with van der Waals surface area (Å²) in [6.07, 6.45) is 6.41. The number of nitrogens with zero attached hydrogens (tertiary/aromatic N) is 3. The van der Waals surface area contributed by atoms with Crippen LogP contribution in [0.3, 0.4) is 0 Å². The van der Waals surface area contributed by atoms with Gasteiger partial charge in [0.2, 0.25) is 5.95 Å². The third-order valence-corrected chi connectivity index (χ3v) is 3.83. The van der Waals surface area contributed by atoms with Gasteiger partial charge in [0.15, 0.2) is 0 Å². The fraction of sp³-hybridized carbons (Fsp3) is 0.353. The molecule has 5 heteroatoms. The predicted molar refractivity (Wildman–Crippen MR) is 86.0 cm³/mol. The van der Waals surface area contributed by atoms with Crippen molar-refractivity contribution >= 4 is 11.9 Å². The monoisotopic (exact) mass is 296 g/mol. The zero-order valence-electron chi connectivity index (χ0n) is 12.5. The standard InChI is InChI=1S/C17H20N4O/c22-16(18-9-8-14-6-2-1-3-7-14)15-12-19-17(20-13-15)21-10-4-5-11-21/h1-3,6-7,12-13H,4-5,8-11H2,(H,18,22). The summed E-state index contributed by atoms with van der Waals surface area (Å²) in [4.78, 5) is 22.8. The maximum absolute atomic E-state index is 12.1. The molecule has 5 nitrogen and oxygen atoms in total. The van der Waals surface area contributed by atoms with Crippen molar-refractivity contribution in [3.8, 4) is 0 Å². The maximum atomic E-state index is 12.1. The minimum absolute atomic E-state index is 0.121. The first-order valence-corrected chi connectivity index (χ1v) is 7.72. The summed E-state index contributed by atoms with van der Waals surface area (Å²) in [6, 6.07) is 10.1. The second-order valence-corrected chi connectivity index (χ2v) is 5.46. The summed E-state index contributed by atoms with van der Waals surface area (Å²) in [5.41, 5.74) is 1.72. The van der Waals surface area contributed by atoms with Crippen LogP contribution in [0.2, 0.25) is 0 Å². The van der Waals surface area contributed by atoms with Crippen molar-refractivity contribution < 1.29 is 4.79 Å². The van der Waals surface area contributed by atoms with Gasteiger partial charge in [-0.25, -0.2) is 9.97 Å². The van der Waals surface area contributed by atoms with Gasteiger partial charge in [0, 0.05) is 32.0 Å². The van der Waals surface area contributed by atoms with E-state index in [9.17, 15) is 4.79 Å². The van der Waals surface area contributed by atoms with Crippen LogP contribution >= 0.6 is 0 Å². The Labute approximate surface area is 130 Å². The number of hydrogen-bond donors (Lipinski definition) is 1. The van der Waals surface area contributed by atoms with Gasteiger partial charge in [-0.05, 0) is 24.8 Å². The number of carbonyl (C=O) groups is 1. The lowest BCUT2D eigenvalue weighted by atomic mass is 10.1. The summed E-state index contributed by atoms with van der Waals surface area (Å²) in [5.74, 6) is 0.599. The molecular weight excluding hydrogens is 276 g/mol. The van der Waals surface area contributed by atoms with E-state index in [0.717, 1.165) is 25.5 Å². The van der Waals surface area contributed by atoms with Crippen LogP contribution in [-0.4, -0.2) is 35.5 Å². The van der Waals surface area contributed by atoms with Crippen LogP contribution < -0.4 is 10.2 Å². The molecule has 0 radical (unpaired) electrons. The van der Waals surface area contributed by atoms with Crippen LogP contribution in [0, 0.1) is 0 Å². The van der Waals surface area contributed by atoms with Crippen LogP contribution in [0.4, 0.5) is 5.95 Å². The van der Waals surface area contributed by atoms with E-state index in [1.807, 2.05) is 18.2 Å². The molecule has 1 aliphatic heterocycles. The van der Waals surface area contributed by atoms with Crippen LogP contribution in [-0.2, 0) is 6.42 Å². The van der Waals surface area contributed by atoms with Gasteiger partial charge in [0.05, 0.1) is 5.56 Å². The smallest absolute Gasteiger partial charge is 0.254 e. The molecule has 114 valence electrons. The molecule has 2 heterocycles. The molecule has 1 aromatic heterocycles. The number of hydrogen-bond acceptors (Lipinski definition) is 4. The Hall–Kier alpha value is -2.43. The molecule has 0 aliphatic carbocycles. The quantitative estimate of drug-likeness (QED) is 0.917. The Morgan fingerprint density at radius 1 is 1.09 bits per heavy atom. The Bertz CT molecular complexity index is 606. The number of carbonyl (C=O) groups excluding carboxylic acids is 1. The summed E-state index contributed by atoms with van der Waals surface area (Å²) in [5, 5.41) is 2.90. The Balaban J connectivity index is 1.51. The molecule has 0 unspecified atom stereocenters. The molecule has 0 saturated carbocycles. The number of nitrogens with one attached hydrogen (secondary N) is 1. The average molecular weight is 296 g/mol. The fourth-order valence-electron chi connectivity index (χ4n) is 2.59. The van der Waals surface area contributed by atoms with Crippen molar-refractivity contribution in [2.45, 2.75) is 19.3 Å². The molecule has 1 aromatic carbocycles. The van der Waals surface area contributed by atoms with Crippen molar-refractivity contribution in [2.24, 2.45) is 0 Å². The summed E-state index contributed by atoms with van der Waals surface area (Å²) in [6.45, 7) is 2.61. The lowest BCUT2D eigenvalue weighted by Gasteiger charge is -2.14. The Morgan fingerprint density at radius 2 is 1.77 bits per heavy atom. The van der Waals surface area contributed by atoms with Gasteiger partial charge in [-0.3, -0.25) is 4.79 Å². The molecule has 0 spiro atoms. The fourth-order valence-corrected chi connectivity index (χ4v) is 2.59. The van der Waals surface area contributed by atoms with Gasteiger partial charge < -0.3 is 10.2 Å². The molecule has 3 rings (SSSR count). The molecule has 1 saturated heterocycles. The number of anilines is 1. The average Bonchev–Trinajstić information content (AvgIpc) is 3.10. The molecule has 0 bridgehead atoms. The molecule has 2 aromatic rings. The lowest BCUT2D eigenvalue weighted by Crippen LogP contribution is -2.26. The number of aromatic nitrogens is 2. The molecule has 1 amide bonds. The van der Waals surface area contributed by atoms with E-state index >= 15 is 0 Å². The molecule has 1 fully saturated rings. The molecule has 1 aliphatic rings. The van der Waals surface area contributed by atoms with E-state index in [2.05, 4.69) is 32.3 Å². The second-order valence-electron chi connectivity index (χ2n) is 5.46. The van der Waals surface area contributed by atoms with Gasteiger partial charge in [-0.15, -0.1) is 0 Å². The minimum Gasteiger partial charge on any atom is -0.352 e. The first-order chi connectivity index (χ1) is 10.8. The van der Waals surface area contributed by atoms with Crippen molar-refractivity contribution in [1.29, 1.82) is 0 Å². The van der Waals surface area contributed by atoms with Crippen molar-refractivity contribution in [3.63, 3.8) is 0 Å². The zero-order valence-corrected chi connectivity index (χ0v) is 12.5. The van der Waals surface area contributed by atoms with Crippen molar-refractivity contribution in [2.75, 3.05) is 24.5 Å². The third kappa shape index (κ3) is 3.61. The van der Waals surface area contributed by atoms with E-state index in [0.29, 0.717) is 12.1 Å². The van der Waals surface area contributed by atoms with Crippen LogP contribution in [0.25, 0.3) is 0 Å². The van der Waals surface area contributed by atoms with Crippen LogP contribution in [0.5, 0.6) is 0 Å². The van der Waals surface area contributed by atoms with E-state index in [1.165, 1.54) is 18.4 Å². The molecule has 22 heavy (non-hydrogen) atoms. The zero-order chi connectivity index (χ0) is 15.2. The highest BCUT2D eigenvalue weighted by atomic mass is 16.1. The second kappa shape index (κ2) is 7.02. The molecular formula is C17H20N4O. The van der Waals surface area contributed by atoms with E-state index in [1.54, 1.807) is 12.4 Å². The molecule has 1 N–H and O–H groups in total. The highest BCUT2D eigenvalue weighted by Crippen LogP contribution is 2.14. The number of benzene rings is 1. The van der Waals surface area contributed by atoms with Gasteiger partial charge in [-0.2, -0.15) is 0 Å². The Kier molecular flexibility index (Phi) is 4.63. The lowest BCUT2D eigenvalue weighted by molar-refractivity contribution is 0.0953. The topological polar surface area (TPSA) is 58.1 Å². The van der Waals surface area contributed by atoms with Crippen molar-refractivity contribution in [1.82, 2.24) is 15.3 Å². The first kappa shape index (κ1) is 14.5. The predicted octanol–water partition coefficient (Wildman–Crippen LogP) is 2.05. The van der Waals surface area contributed by atoms with Gasteiger partial charge in [0.1, 0.15) is 0 Å². The molecule has 0 atom stereocenters. The first-order valence-electron chi connectivity index (χ1n) is 7.72. The van der Waals surface area contributed by atoms with Crippen LogP contribution in [0.15, 0.2) is 42.7 Å². The number of rotatable bonds is 5. The summed E-state index contributed by atoms with van der Waals surface area (Å²) < 4.78 is 0. The largest absolute Gasteiger partial charge is 0.352 e. The van der Waals surface area contributed by atoms with Gasteiger partial charge in [-0.1, -0.05) is 30.3 Å². The Morgan fingerprint density at radius 3 is 2.45 bits per heavy atom. The van der Waals surface area contributed by atoms with Crippen molar-refractivity contribution in [3.05, 3.63) is 53.9 Å². The summed E-state index contributed by atoms with van der Waals surface area (Å²) in [7, 11) is 0. The number of amides is 1. The highest BCUT2D eigenvalue weighted by Gasteiger charge is 2.15. The normalized spacial score (nSPS) is 14.1. The third-order valence-electron chi connectivity index (χ3n) is 3.83. The summed E-state index contributed by atoms with van der Waals surface area (Å²) >= 11 is 0. The minimum atomic E-state index is -0.121. The highest BCUT2D eigenvalue weighted by molar-refractivity contribution is 5.93. The van der Waals surface area contributed by atoms with E-state index in [-0.39, 0.29) is 5.91 Å². The maximum Gasteiger partial charge on any atom is 0.254 e. The van der Waals surface area contributed by atoms with E-state index < -0.39 is 0 Å². The van der Waals surface area contributed by atoms with Crippen LogP contribution in [0.1, 0.15) is 28.8 Å². The van der Waals surface area contributed by atoms with Gasteiger partial charge >= 0.3 is 0 Å².